The van der Waals surface area contributed by atoms with Crippen molar-refractivity contribution in [2.45, 2.75) is 32.2 Å². The van der Waals surface area contributed by atoms with Crippen LogP contribution in [0.3, 0.4) is 0 Å². The minimum Gasteiger partial charge on any atom is -0.339 e. The lowest BCUT2D eigenvalue weighted by Crippen LogP contribution is -2.39. The molecule has 3 rings (SSSR count). The number of nitrogens with zero attached hydrogens (tertiary/aromatic N) is 3. The van der Waals surface area contributed by atoms with E-state index < -0.39 is 0 Å². The van der Waals surface area contributed by atoms with Crippen molar-refractivity contribution >= 4 is 42.3 Å². The molecule has 2 N–H and O–H groups in total. The van der Waals surface area contributed by atoms with E-state index in [1.807, 2.05) is 40.9 Å². The van der Waals surface area contributed by atoms with E-state index in [0.717, 1.165) is 32.5 Å². The fraction of sp³-hybridized carbons (Fsp3) is 0.476. The van der Waals surface area contributed by atoms with Crippen LogP contribution >= 0.6 is 24.8 Å². The van der Waals surface area contributed by atoms with Gasteiger partial charge in [0.2, 0.25) is 5.91 Å². The maximum absolute atomic E-state index is 12.8. The molecule has 1 aliphatic rings. The Morgan fingerprint density at radius 1 is 1.20 bits per heavy atom. The molecule has 0 atom stereocenters. The molecular weight excluding hydrogens is 425 g/mol. The third kappa shape index (κ3) is 7.63. The number of aryl methyl sites for hydroxylation is 1. The van der Waals surface area contributed by atoms with Gasteiger partial charge in [0.15, 0.2) is 0 Å². The molecule has 166 valence electrons. The highest BCUT2D eigenvalue weighted by Crippen LogP contribution is 2.22. The summed E-state index contributed by atoms with van der Waals surface area (Å²) in [7, 11) is 1.97. The monoisotopic (exact) mass is 455 g/mol. The molecule has 2 aromatic rings. The van der Waals surface area contributed by atoms with E-state index >= 15 is 0 Å². The van der Waals surface area contributed by atoms with Crippen molar-refractivity contribution in [2.24, 2.45) is 5.92 Å². The van der Waals surface area contributed by atoms with Crippen LogP contribution < -0.4 is 10.6 Å². The first-order chi connectivity index (χ1) is 13.7. The van der Waals surface area contributed by atoms with Gasteiger partial charge in [-0.05, 0) is 57.0 Å². The van der Waals surface area contributed by atoms with Crippen LogP contribution in [0.25, 0.3) is 0 Å². The van der Waals surface area contributed by atoms with Crippen LogP contribution in [-0.2, 0) is 11.3 Å². The van der Waals surface area contributed by atoms with Crippen LogP contribution in [0.1, 0.15) is 36.0 Å². The van der Waals surface area contributed by atoms with Crippen molar-refractivity contribution in [3.8, 4) is 0 Å². The van der Waals surface area contributed by atoms with E-state index in [1.165, 1.54) is 6.42 Å². The number of rotatable bonds is 8. The van der Waals surface area contributed by atoms with E-state index in [1.54, 1.807) is 18.6 Å². The summed E-state index contributed by atoms with van der Waals surface area (Å²) >= 11 is 0. The van der Waals surface area contributed by atoms with Gasteiger partial charge >= 0.3 is 0 Å². The van der Waals surface area contributed by atoms with E-state index in [0.29, 0.717) is 30.1 Å². The minimum absolute atomic E-state index is 0. The van der Waals surface area contributed by atoms with Gasteiger partial charge in [0.25, 0.3) is 5.91 Å². The highest BCUT2D eigenvalue weighted by atomic mass is 35.5. The number of carbonyl (C=O) groups is 2. The average molecular weight is 456 g/mol. The van der Waals surface area contributed by atoms with E-state index in [9.17, 15) is 9.59 Å². The number of imidazole rings is 1. The molecular formula is C21H31Cl2N5O2. The molecule has 30 heavy (non-hydrogen) atoms. The summed E-state index contributed by atoms with van der Waals surface area (Å²) in [5.74, 6) is 0.655. The molecule has 9 heteroatoms. The molecule has 0 radical (unpaired) electrons. The van der Waals surface area contributed by atoms with Gasteiger partial charge in [0, 0.05) is 49.7 Å². The molecule has 2 amide bonds. The van der Waals surface area contributed by atoms with E-state index in [2.05, 4.69) is 15.6 Å². The van der Waals surface area contributed by atoms with Crippen molar-refractivity contribution in [2.75, 3.05) is 32.0 Å². The zero-order valence-corrected chi connectivity index (χ0v) is 18.9. The number of benzene rings is 1. The van der Waals surface area contributed by atoms with Crippen molar-refractivity contribution in [1.29, 1.82) is 0 Å². The Hall–Kier alpha value is -2.09. The van der Waals surface area contributed by atoms with Gasteiger partial charge in [0.1, 0.15) is 0 Å². The summed E-state index contributed by atoms with van der Waals surface area (Å²) in [6.07, 6.45) is 8.84. The van der Waals surface area contributed by atoms with Crippen LogP contribution in [0.2, 0.25) is 0 Å². The Kier molecular flexibility index (Phi) is 11.5. The second-order valence-corrected chi connectivity index (χ2v) is 7.31. The maximum Gasteiger partial charge on any atom is 0.253 e. The number of aromatic nitrogens is 2. The number of halogens is 2. The molecule has 0 saturated carbocycles. The quantitative estimate of drug-likeness (QED) is 0.640. The predicted molar refractivity (Wildman–Crippen MR) is 124 cm³/mol. The van der Waals surface area contributed by atoms with Crippen LogP contribution in [-0.4, -0.2) is 52.9 Å². The second kappa shape index (κ2) is 13.3. The van der Waals surface area contributed by atoms with Gasteiger partial charge in [0.05, 0.1) is 6.33 Å². The number of hydrogen-bond donors (Lipinski definition) is 2. The largest absolute Gasteiger partial charge is 0.339 e. The molecule has 2 heterocycles. The highest BCUT2D eigenvalue weighted by molar-refractivity contribution is 5.97. The third-order valence-electron chi connectivity index (χ3n) is 5.25. The fourth-order valence-electron chi connectivity index (χ4n) is 3.56. The molecule has 0 aliphatic carbocycles. The van der Waals surface area contributed by atoms with Gasteiger partial charge in [-0.3, -0.25) is 9.59 Å². The molecule has 0 spiro atoms. The second-order valence-electron chi connectivity index (χ2n) is 7.31. The summed E-state index contributed by atoms with van der Waals surface area (Å²) in [5, 5.41) is 6.08. The SMILES string of the molecule is CNCCC1CCN(C(=O)c2cccc(NC(=O)CCn3ccnc3)c2)CC1.Cl.Cl. The molecule has 7 nitrogen and oxygen atoms in total. The lowest BCUT2D eigenvalue weighted by Gasteiger charge is -2.32. The number of hydrogen-bond acceptors (Lipinski definition) is 4. The van der Waals surface area contributed by atoms with Crippen molar-refractivity contribution in [1.82, 2.24) is 19.8 Å². The van der Waals surface area contributed by atoms with E-state index in [4.69, 9.17) is 0 Å². The minimum atomic E-state index is -0.0800. The van der Waals surface area contributed by atoms with Crippen LogP contribution in [0, 0.1) is 5.92 Å². The predicted octanol–water partition coefficient (Wildman–Crippen LogP) is 3.22. The van der Waals surface area contributed by atoms with Crippen LogP contribution in [0.15, 0.2) is 43.0 Å². The van der Waals surface area contributed by atoms with Crippen molar-refractivity contribution < 1.29 is 9.59 Å². The standard InChI is InChI=1S/C21H29N5O2.2ClH/c1-22-9-5-17-6-12-26(13-7-17)21(28)18-3-2-4-19(15-18)24-20(27)8-11-25-14-10-23-16-25;;/h2-4,10,14-17,22H,5-9,11-13H2,1H3,(H,24,27);2*1H. The maximum atomic E-state index is 12.8. The van der Waals surface area contributed by atoms with Gasteiger partial charge in [-0.15, -0.1) is 24.8 Å². The van der Waals surface area contributed by atoms with Gasteiger partial charge in [-0.25, -0.2) is 4.98 Å². The Balaban J connectivity index is 0.00000225. The Morgan fingerprint density at radius 2 is 1.97 bits per heavy atom. The number of amides is 2. The number of piperidine rings is 1. The summed E-state index contributed by atoms with van der Waals surface area (Å²) in [6.45, 7) is 3.21. The molecule has 1 fully saturated rings. The first-order valence-corrected chi connectivity index (χ1v) is 9.95. The highest BCUT2D eigenvalue weighted by Gasteiger charge is 2.23. The fourth-order valence-corrected chi connectivity index (χ4v) is 3.56. The zero-order valence-electron chi connectivity index (χ0n) is 17.3. The Morgan fingerprint density at radius 3 is 2.63 bits per heavy atom. The Bertz CT molecular complexity index is 777. The van der Waals surface area contributed by atoms with Crippen LogP contribution in [0.5, 0.6) is 0 Å². The number of nitrogens with one attached hydrogen (secondary N) is 2. The summed E-state index contributed by atoms with van der Waals surface area (Å²) < 4.78 is 1.86. The van der Waals surface area contributed by atoms with Gasteiger partial charge in [-0.1, -0.05) is 6.07 Å². The molecule has 1 aromatic heterocycles. The lowest BCUT2D eigenvalue weighted by atomic mass is 9.93. The average Bonchev–Trinajstić information content (AvgIpc) is 3.24. The normalized spacial score (nSPS) is 13.8. The smallest absolute Gasteiger partial charge is 0.253 e. The third-order valence-corrected chi connectivity index (χ3v) is 5.25. The molecule has 1 aliphatic heterocycles. The number of likely N-dealkylation sites (tertiary alicyclic amines) is 1. The summed E-state index contributed by atoms with van der Waals surface area (Å²) in [5.41, 5.74) is 1.28. The number of carbonyl (C=O) groups excluding carboxylic acids is 2. The summed E-state index contributed by atoms with van der Waals surface area (Å²) in [6, 6.07) is 7.22. The van der Waals surface area contributed by atoms with Crippen molar-refractivity contribution in [3.05, 3.63) is 48.5 Å². The summed E-state index contributed by atoms with van der Waals surface area (Å²) in [4.78, 5) is 30.9. The molecule has 1 saturated heterocycles. The number of anilines is 1. The van der Waals surface area contributed by atoms with Crippen molar-refractivity contribution in [3.63, 3.8) is 0 Å². The molecule has 0 bridgehead atoms. The van der Waals surface area contributed by atoms with Gasteiger partial charge < -0.3 is 20.1 Å². The zero-order chi connectivity index (χ0) is 19.8. The topological polar surface area (TPSA) is 79.3 Å². The van der Waals surface area contributed by atoms with Gasteiger partial charge in [-0.2, -0.15) is 0 Å². The van der Waals surface area contributed by atoms with E-state index in [-0.39, 0.29) is 36.6 Å². The Labute approximate surface area is 190 Å². The molecule has 1 aromatic carbocycles. The molecule has 0 unspecified atom stereocenters. The first-order valence-electron chi connectivity index (χ1n) is 9.95. The lowest BCUT2D eigenvalue weighted by molar-refractivity contribution is -0.116. The van der Waals surface area contributed by atoms with Crippen LogP contribution in [0.4, 0.5) is 5.69 Å². The first kappa shape index (κ1) is 25.9.